The van der Waals surface area contributed by atoms with Gasteiger partial charge in [-0.2, -0.15) is 0 Å². The van der Waals surface area contributed by atoms with Crippen molar-refractivity contribution < 1.29 is 4.52 Å². The van der Waals surface area contributed by atoms with Crippen LogP contribution in [0.25, 0.3) is 22.1 Å². The summed E-state index contributed by atoms with van der Waals surface area (Å²) in [5.74, 6) is 0. The summed E-state index contributed by atoms with van der Waals surface area (Å²) >= 11 is 0. The Bertz CT molecular complexity index is 584. The lowest BCUT2D eigenvalue weighted by atomic mass is 10.0. The second kappa shape index (κ2) is 3.24. The molecule has 0 atom stereocenters. The van der Waals surface area contributed by atoms with Gasteiger partial charge in [-0.05, 0) is 17.2 Å². The molecule has 2 aromatic carbocycles. The normalized spacial score (nSPS) is 10.7. The standard InChI is InChI=1S/C13H9NO/c1-2-5-10(6-3-1)11-7-4-8-13-12(11)9-14-15-13/h1-9H. The van der Waals surface area contributed by atoms with Crippen molar-refractivity contribution in [2.45, 2.75) is 0 Å². The van der Waals surface area contributed by atoms with E-state index in [1.807, 2.05) is 30.3 Å². The molecule has 0 amide bonds. The van der Waals surface area contributed by atoms with E-state index >= 15 is 0 Å². The fourth-order valence-electron chi connectivity index (χ4n) is 1.76. The second-order valence-electron chi connectivity index (χ2n) is 3.41. The average molecular weight is 195 g/mol. The largest absolute Gasteiger partial charge is 0.356 e. The molecule has 0 unspecified atom stereocenters. The van der Waals surface area contributed by atoms with Crippen LogP contribution < -0.4 is 0 Å². The topological polar surface area (TPSA) is 26.0 Å². The first kappa shape index (κ1) is 8.24. The summed E-state index contributed by atoms with van der Waals surface area (Å²) in [6, 6.07) is 16.2. The minimum absolute atomic E-state index is 0.830. The minimum atomic E-state index is 0.830. The molecule has 3 rings (SSSR count). The van der Waals surface area contributed by atoms with Gasteiger partial charge in [0.25, 0.3) is 0 Å². The Balaban J connectivity index is 2.31. The SMILES string of the molecule is c1ccc(-c2cccc3oncc23)cc1. The number of fused-ring (bicyclic) bond motifs is 1. The Hall–Kier alpha value is -2.09. The van der Waals surface area contributed by atoms with Crippen molar-refractivity contribution >= 4 is 11.0 Å². The Morgan fingerprint density at radius 3 is 2.60 bits per heavy atom. The molecule has 0 saturated carbocycles. The summed E-state index contributed by atoms with van der Waals surface area (Å²) < 4.78 is 5.13. The van der Waals surface area contributed by atoms with E-state index < -0.39 is 0 Å². The lowest BCUT2D eigenvalue weighted by Gasteiger charge is -2.01. The third-order valence-electron chi connectivity index (χ3n) is 2.48. The van der Waals surface area contributed by atoms with Crippen LogP contribution in [-0.2, 0) is 0 Å². The fourth-order valence-corrected chi connectivity index (χ4v) is 1.76. The molecule has 0 spiro atoms. The summed E-state index contributed by atoms with van der Waals surface area (Å²) in [7, 11) is 0. The van der Waals surface area contributed by atoms with Crippen molar-refractivity contribution in [1.82, 2.24) is 5.16 Å². The van der Waals surface area contributed by atoms with Crippen molar-refractivity contribution in [2.24, 2.45) is 0 Å². The highest BCUT2D eigenvalue weighted by atomic mass is 16.5. The molecule has 0 aliphatic rings. The van der Waals surface area contributed by atoms with Crippen molar-refractivity contribution in [2.75, 3.05) is 0 Å². The summed E-state index contributed by atoms with van der Waals surface area (Å²) in [4.78, 5) is 0. The summed E-state index contributed by atoms with van der Waals surface area (Å²) in [6.07, 6.45) is 1.76. The maximum Gasteiger partial charge on any atom is 0.167 e. The van der Waals surface area contributed by atoms with E-state index in [0.717, 1.165) is 16.5 Å². The van der Waals surface area contributed by atoms with Crippen LogP contribution in [-0.4, -0.2) is 5.16 Å². The zero-order valence-corrected chi connectivity index (χ0v) is 8.05. The molecule has 3 aromatic rings. The number of rotatable bonds is 1. The Kier molecular flexibility index (Phi) is 1.78. The van der Waals surface area contributed by atoms with E-state index in [-0.39, 0.29) is 0 Å². The zero-order valence-electron chi connectivity index (χ0n) is 8.05. The first-order valence-electron chi connectivity index (χ1n) is 4.84. The maximum absolute atomic E-state index is 5.13. The van der Waals surface area contributed by atoms with Gasteiger partial charge in [0.05, 0.1) is 6.20 Å². The van der Waals surface area contributed by atoms with E-state index in [2.05, 4.69) is 23.4 Å². The van der Waals surface area contributed by atoms with Gasteiger partial charge >= 0.3 is 0 Å². The molecular weight excluding hydrogens is 186 g/mol. The molecule has 0 aliphatic carbocycles. The lowest BCUT2D eigenvalue weighted by Crippen LogP contribution is -1.77. The maximum atomic E-state index is 5.13. The van der Waals surface area contributed by atoms with Gasteiger partial charge in [-0.25, -0.2) is 0 Å². The molecule has 72 valence electrons. The third-order valence-corrected chi connectivity index (χ3v) is 2.48. The Labute approximate surface area is 87.1 Å². The van der Waals surface area contributed by atoms with E-state index in [9.17, 15) is 0 Å². The van der Waals surface area contributed by atoms with Crippen LogP contribution in [0.15, 0.2) is 59.3 Å². The summed E-state index contributed by atoms with van der Waals surface area (Å²) in [5, 5.41) is 4.87. The number of hydrogen-bond donors (Lipinski definition) is 0. The highest BCUT2D eigenvalue weighted by Gasteiger charge is 2.05. The Morgan fingerprint density at radius 2 is 1.73 bits per heavy atom. The number of nitrogens with zero attached hydrogens (tertiary/aromatic N) is 1. The molecule has 0 saturated heterocycles. The van der Waals surface area contributed by atoms with Gasteiger partial charge < -0.3 is 4.52 Å². The number of benzene rings is 2. The van der Waals surface area contributed by atoms with Gasteiger partial charge in [-0.3, -0.25) is 0 Å². The molecular formula is C13H9NO. The quantitative estimate of drug-likeness (QED) is 0.594. The van der Waals surface area contributed by atoms with E-state index in [1.165, 1.54) is 5.56 Å². The highest BCUT2D eigenvalue weighted by molar-refractivity contribution is 5.93. The Morgan fingerprint density at radius 1 is 0.867 bits per heavy atom. The van der Waals surface area contributed by atoms with Gasteiger partial charge in [-0.1, -0.05) is 47.6 Å². The van der Waals surface area contributed by atoms with Crippen LogP contribution in [0.4, 0.5) is 0 Å². The van der Waals surface area contributed by atoms with Gasteiger partial charge in [0.1, 0.15) is 0 Å². The molecule has 2 nitrogen and oxygen atoms in total. The molecule has 0 aliphatic heterocycles. The minimum Gasteiger partial charge on any atom is -0.356 e. The monoisotopic (exact) mass is 195 g/mol. The molecule has 0 N–H and O–H groups in total. The predicted molar refractivity (Wildman–Crippen MR) is 59.4 cm³/mol. The van der Waals surface area contributed by atoms with E-state index in [1.54, 1.807) is 6.20 Å². The van der Waals surface area contributed by atoms with Crippen molar-refractivity contribution in [1.29, 1.82) is 0 Å². The number of aromatic nitrogens is 1. The van der Waals surface area contributed by atoms with Gasteiger partial charge in [0, 0.05) is 5.39 Å². The first-order valence-corrected chi connectivity index (χ1v) is 4.84. The van der Waals surface area contributed by atoms with Crippen LogP contribution >= 0.6 is 0 Å². The number of hydrogen-bond acceptors (Lipinski definition) is 2. The van der Waals surface area contributed by atoms with E-state index in [0.29, 0.717) is 0 Å². The molecule has 15 heavy (non-hydrogen) atoms. The molecule has 1 heterocycles. The van der Waals surface area contributed by atoms with Gasteiger partial charge in [-0.15, -0.1) is 0 Å². The van der Waals surface area contributed by atoms with Gasteiger partial charge in [0.15, 0.2) is 5.58 Å². The van der Waals surface area contributed by atoms with Crippen LogP contribution in [0.5, 0.6) is 0 Å². The van der Waals surface area contributed by atoms with Crippen molar-refractivity contribution in [3.05, 3.63) is 54.7 Å². The molecule has 0 radical (unpaired) electrons. The second-order valence-corrected chi connectivity index (χ2v) is 3.41. The smallest absolute Gasteiger partial charge is 0.167 e. The average Bonchev–Trinajstić information content (AvgIpc) is 2.78. The predicted octanol–water partition coefficient (Wildman–Crippen LogP) is 3.49. The first-order chi connectivity index (χ1) is 7.45. The molecule has 2 heteroatoms. The molecule has 1 aromatic heterocycles. The lowest BCUT2D eigenvalue weighted by molar-refractivity contribution is 0.456. The molecule has 0 bridgehead atoms. The third kappa shape index (κ3) is 1.31. The summed E-state index contributed by atoms with van der Waals surface area (Å²) in [5.41, 5.74) is 3.18. The van der Waals surface area contributed by atoms with Crippen molar-refractivity contribution in [3.8, 4) is 11.1 Å². The van der Waals surface area contributed by atoms with Crippen LogP contribution in [0, 0.1) is 0 Å². The highest BCUT2D eigenvalue weighted by Crippen LogP contribution is 2.27. The van der Waals surface area contributed by atoms with E-state index in [4.69, 9.17) is 4.52 Å². The summed E-state index contributed by atoms with van der Waals surface area (Å²) in [6.45, 7) is 0. The van der Waals surface area contributed by atoms with Crippen LogP contribution in [0.3, 0.4) is 0 Å². The molecule has 0 fully saturated rings. The van der Waals surface area contributed by atoms with Crippen molar-refractivity contribution in [3.63, 3.8) is 0 Å². The zero-order chi connectivity index (χ0) is 10.1. The fraction of sp³-hybridized carbons (Fsp3) is 0. The van der Waals surface area contributed by atoms with Crippen LogP contribution in [0.1, 0.15) is 0 Å². The van der Waals surface area contributed by atoms with Gasteiger partial charge in [0.2, 0.25) is 0 Å². The van der Waals surface area contributed by atoms with Crippen LogP contribution in [0.2, 0.25) is 0 Å².